The molecule has 0 radical (unpaired) electrons. The molecular formula is C17H19N3O2. The maximum atomic E-state index is 11.9. The molecule has 0 unspecified atom stereocenters. The molecule has 0 saturated heterocycles. The van der Waals surface area contributed by atoms with E-state index < -0.39 is 0 Å². The maximum Gasteiger partial charge on any atom is 0.253 e. The second-order valence-corrected chi connectivity index (χ2v) is 5.21. The summed E-state index contributed by atoms with van der Waals surface area (Å²) in [6.45, 7) is 0.440. The normalized spacial score (nSPS) is 10.1. The highest BCUT2D eigenvalue weighted by Gasteiger charge is 2.08. The third kappa shape index (κ3) is 4.41. The molecule has 22 heavy (non-hydrogen) atoms. The van der Waals surface area contributed by atoms with Gasteiger partial charge in [-0.2, -0.15) is 0 Å². The lowest BCUT2D eigenvalue weighted by Crippen LogP contribution is -2.25. The molecule has 2 aromatic rings. The van der Waals surface area contributed by atoms with E-state index in [-0.39, 0.29) is 11.8 Å². The number of amides is 2. The van der Waals surface area contributed by atoms with Gasteiger partial charge in [-0.05, 0) is 29.3 Å². The summed E-state index contributed by atoms with van der Waals surface area (Å²) < 4.78 is 0. The Bertz CT molecular complexity index is 637. The summed E-state index contributed by atoms with van der Waals surface area (Å²) in [7, 11) is 3.43. The summed E-state index contributed by atoms with van der Waals surface area (Å²) in [5.41, 5.74) is 2.47. The van der Waals surface area contributed by atoms with Gasteiger partial charge in [-0.15, -0.1) is 0 Å². The molecule has 5 heteroatoms. The fourth-order valence-corrected chi connectivity index (χ4v) is 1.97. The number of aromatic nitrogens is 1. The lowest BCUT2D eigenvalue weighted by Gasteiger charge is -2.11. The van der Waals surface area contributed by atoms with E-state index in [0.717, 1.165) is 11.1 Å². The fourth-order valence-electron chi connectivity index (χ4n) is 1.97. The van der Waals surface area contributed by atoms with Crippen molar-refractivity contribution in [2.75, 3.05) is 14.1 Å². The van der Waals surface area contributed by atoms with E-state index >= 15 is 0 Å². The van der Waals surface area contributed by atoms with E-state index in [1.165, 1.54) is 4.90 Å². The van der Waals surface area contributed by atoms with Crippen LogP contribution in [0.3, 0.4) is 0 Å². The Hall–Kier alpha value is -2.69. The van der Waals surface area contributed by atoms with Crippen molar-refractivity contribution in [2.24, 2.45) is 0 Å². The van der Waals surface area contributed by atoms with Crippen LogP contribution < -0.4 is 5.32 Å². The van der Waals surface area contributed by atoms with E-state index in [1.54, 1.807) is 38.6 Å². The van der Waals surface area contributed by atoms with Crippen molar-refractivity contribution in [1.29, 1.82) is 0 Å². The zero-order valence-corrected chi connectivity index (χ0v) is 12.7. The van der Waals surface area contributed by atoms with E-state index in [0.29, 0.717) is 18.5 Å². The molecule has 5 nitrogen and oxygen atoms in total. The Morgan fingerprint density at radius 1 is 1.09 bits per heavy atom. The van der Waals surface area contributed by atoms with Crippen molar-refractivity contribution >= 4 is 11.8 Å². The summed E-state index contributed by atoms with van der Waals surface area (Å²) in [4.78, 5) is 29.1. The lowest BCUT2D eigenvalue weighted by molar-refractivity contribution is -0.120. The van der Waals surface area contributed by atoms with Crippen LogP contribution in [0.25, 0.3) is 0 Å². The van der Waals surface area contributed by atoms with E-state index in [1.807, 2.05) is 24.3 Å². The van der Waals surface area contributed by atoms with Gasteiger partial charge in [0.1, 0.15) is 0 Å². The largest absolute Gasteiger partial charge is 0.352 e. The molecule has 0 aliphatic carbocycles. The van der Waals surface area contributed by atoms with Gasteiger partial charge in [-0.3, -0.25) is 14.6 Å². The number of pyridine rings is 1. The molecule has 0 aliphatic rings. The third-order valence-electron chi connectivity index (χ3n) is 3.18. The van der Waals surface area contributed by atoms with Gasteiger partial charge < -0.3 is 10.2 Å². The molecule has 1 aromatic carbocycles. The van der Waals surface area contributed by atoms with Gasteiger partial charge in [0.2, 0.25) is 5.91 Å². The van der Waals surface area contributed by atoms with Gasteiger partial charge >= 0.3 is 0 Å². The molecule has 0 atom stereocenters. The Labute approximate surface area is 130 Å². The van der Waals surface area contributed by atoms with Crippen LogP contribution in [-0.4, -0.2) is 35.8 Å². The fraction of sp³-hybridized carbons (Fsp3) is 0.235. The number of carbonyl (C=O) groups is 2. The number of nitrogens with one attached hydrogen (secondary N) is 1. The molecule has 0 saturated carbocycles. The van der Waals surface area contributed by atoms with Crippen LogP contribution >= 0.6 is 0 Å². The van der Waals surface area contributed by atoms with Crippen molar-refractivity contribution < 1.29 is 9.59 Å². The van der Waals surface area contributed by atoms with E-state index in [9.17, 15) is 9.59 Å². The number of carbonyl (C=O) groups excluding carboxylic acids is 2. The van der Waals surface area contributed by atoms with Crippen LogP contribution in [0, 0.1) is 0 Å². The third-order valence-corrected chi connectivity index (χ3v) is 3.18. The number of nitrogens with zero attached hydrogens (tertiary/aromatic N) is 2. The smallest absolute Gasteiger partial charge is 0.253 e. The zero-order valence-electron chi connectivity index (χ0n) is 12.7. The first kappa shape index (κ1) is 15.7. The van der Waals surface area contributed by atoms with Crippen LogP contribution in [0.4, 0.5) is 0 Å². The SMILES string of the molecule is CN(C)C(=O)c1ccc(CNC(=O)Cc2cccnc2)cc1. The zero-order chi connectivity index (χ0) is 15.9. The number of benzene rings is 1. The highest BCUT2D eigenvalue weighted by molar-refractivity contribution is 5.93. The van der Waals surface area contributed by atoms with Gasteiger partial charge in [-0.1, -0.05) is 18.2 Å². The predicted octanol–water partition coefficient (Wildman–Crippen LogP) is 1.64. The number of hydrogen-bond donors (Lipinski definition) is 1. The number of hydrogen-bond acceptors (Lipinski definition) is 3. The van der Waals surface area contributed by atoms with Crippen molar-refractivity contribution in [3.05, 3.63) is 65.5 Å². The Kier molecular flexibility index (Phi) is 5.25. The van der Waals surface area contributed by atoms with Gasteiger partial charge in [0, 0.05) is 38.6 Å². The Morgan fingerprint density at radius 3 is 2.41 bits per heavy atom. The van der Waals surface area contributed by atoms with Gasteiger partial charge in [0.05, 0.1) is 6.42 Å². The average molecular weight is 297 g/mol. The molecule has 2 amide bonds. The molecule has 0 spiro atoms. The quantitative estimate of drug-likeness (QED) is 0.912. The summed E-state index contributed by atoms with van der Waals surface area (Å²) in [6, 6.07) is 10.9. The first-order valence-corrected chi connectivity index (χ1v) is 7.02. The molecule has 0 fully saturated rings. The minimum atomic E-state index is -0.0542. The average Bonchev–Trinajstić information content (AvgIpc) is 2.53. The molecule has 2 rings (SSSR count). The van der Waals surface area contributed by atoms with Crippen LogP contribution in [-0.2, 0) is 17.8 Å². The molecule has 0 bridgehead atoms. The summed E-state index contributed by atoms with van der Waals surface area (Å²) in [5, 5.41) is 2.86. The topological polar surface area (TPSA) is 62.3 Å². The highest BCUT2D eigenvalue weighted by Crippen LogP contribution is 2.06. The van der Waals surface area contributed by atoms with Crippen molar-refractivity contribution in [3.63, 3.8) is 0 Å². The molecular weight excluding hydrogens is 278 g/mol. The predicted molar refractivity (Wildman–Crippen MR) is 84.2 cm³/mol. The first-order valence-electron chi connectivity index (χ1n) is 7.02. The van der Waals surface area contributed by atoms with Crippen LogP contribution in [0.2, 0.25) is 0 Å². The van der Waals surface area contributed by atoms with Crippen molar-refractivity contribution in [1.82, 2.24) is 15.2 Å². The van der Waals surface area contributed by atoms with Gasteiger partial charge in [-0.25, -0.2) is 0 Å². The van der Waals surface area contributed by atoms with Crippen LogP contribution in [0.1, 0.15) is 21.5 Å². The lowest BCUT2D eigenvalue weighted by atomic mass is 10.1. The summed E-state index contributed by atoms with van der Waals surface area (Å²) in [6.07, 6.45) is 3.67. The summed E-state index contributed by atoms with van der Waals surface area (Å²) >= 11 is 0. The maximum absolute atomic E-state index is 11.9. The van der Waals surface area contributed by atoms with Gasteiger partial charge in [0.25, 0.3) is 5.91 Å². The second kappa shape index (κ2) is 7.36. The molecule has 114 valence electrons. The van der Waals surface area contributed by atoms with E-state index in [4.69, 9.17) is 0 Å². The monoisotopic (exact) mass is 297 g/mol. The van der Waals surface area contributed by atoms with Crippen molar-refractivity contribution in [2.45, 2.75) is 13.0 Å². The Balaban J connectivity index is 1.86. The first-order chi connectivity index (χ1) is 10.6. The minimum absolute atomic E-state index is 0.0350. The van der Waals surface area contributed by atoms with Crippen molar-refractivity contribution in [3.8, 4) is 0 Å². The minimum Gasteiger partial charge on any atom is -0.352 e. The molecule has 1 heterocycles. The van der Waals surface area contributed by atoms with Crippen LogP contribution in [0.15, 0.2) is 48.8 Å². The second-order valence-electron chi connectivity index (χ2n) is 5.21. The van der Waals surface area contributed by atoms with Crippen LogP contribution in [0.5, 0.6) is 0 Å². The number of rotatable bonds is 5. The Morgan fingerprint density at radius 2 is 1.82 bits per heavy atom. The summed E-state index contributed by atoms with van der Waals surface area (Å²) in [5.74, 6) is -0.0893. The molecule has 1 aromatic heterocycles. The standard InChI is InChI=1S/C17H19N3O2/c1-20(2)17(22)15-7-5-13(6-8-15)12-19-16(21)10-14-4-3-9-18-11-14/h3-9,11H,10,12H2,1-2H3,(H,19,21). The molecule has 1 N–H and O–H groups in total. The van der Waals surface area contributed by atoms with Gasteiger partial charge in [0.15, 0.2) is 0 Å². The van der Waals surface area contributed by atoms with E-state index in [2.05, 4.69) is 10.3 Å². The molecule has 0 aliphatic heterocycles. The highest BCUT2D eigenvalue weighted by atomic mass is 16.2.